The Hall–Kier alpha value is -2.11. The van der Waals surface area contributed by atoms with Crippen LogP contribution in [-0.2, 0) is 9.53 Å². The number of hydrogen-bond acceptors (Lipinski definition) is 4. The van der Waals surface area contributed by atoms with E-state index in [1.807, 2.05) is 13.8 Å². The molecule has 0 saturated heterocycles. The van der Waals surface area contributed by atoms with Gasteiger partial charge in [-0.2, -0.15) is 0 Å². The molecule has 6 heteroatoms. The number of Topliss-reactive ketones (excluding diaryl/α,β-unsaturated/α-hetero) is 1. The fourth-order valence-corrected chi connectivity index (χ4v) is 2.91. The number of aryl methyl sites for hydroxylation is 1. The van der Waals surface area contributed by atoms with Gasteiger partial charge in [-0.3, -0.25) is 9.59 Å². The topological polar surface area (TPSA) is 79.5 Å². The van der Waals surface area contributed by atoms with Crippen LogP contribution in [0.25, 0.3) is 0 Å². The summed E-state index contributed by atoms with van der Waals surface area (Å²) in [6.07, 6.45) is 1.90. The van der Waals surface area contributed by atoms with E-state index in [4.69, 9.17) is 4.74 Å². The third kappa shape index (κ3) is 3.68. The highest BCUT2D eigenvalue weighted by Gasteiger charge is 2.35. The van der Waals surface area contributed by atoms with E-state index < -0.39 is 5.97 Å². The van der Waals surface area contributed by atoms with Gasteiger partial charge in [-0.1, -0.05) is 13.8 Å². The molecule has 1 aromatic heterocycles. The van der Waals surface area contributed by atoms with E-state index in [2.05, 4.69) is 4.98 Å². The van der Waals surface area contributed by atoms with Crippen molar-refractivity contribution in [1.82, 2.24) is 9.88 Å². The van der Waals surface area contributed by atoms with Crippen LogP contribution in [0.15, 0.2) is 0 Å². The van der Waals surface area contributed by atoms with E-state index in [0.717, 1.165) is 12.8 Å². The second-order valence-corrected chi connectivity index (χ2v) is 6.62. The van der Waals surface area contributed by atoms with Crippen molar-refractivity contribution in [2.24, 2.45) is 5.92 Å². The van der Waals surface area contributed by atoms with Crippen LogP contribution in [0.3, 0.4) is 0 Å². The number of H-pyrrole nitrogens is 1. The Morgan fingerprint density at radius 2 is 1.88 bits per heavy atom. The fourth-order valence-electron chi connectivity index (χ4n) is 2.91. The minimum Gasteiger partial charge on any atom is -0.461 e. The molecule has 1 aliphatic carbocycles. The molecule has 0 radical (unpaired) electrons. The molecule has 0 unspecified atom stereocenters. The second kappa shape index (κ2) is 7.20. The Morgan fingerprint density at radius 3 is 2.38 bits per heavy atom. The Morgan fingerprint density at radius 1 is 1.25 bits per heavy atom. The van der Waals surface area contributed by atoms with Gasteiger partial charge in [-0.15, -0.1) is 0 Å². The van der Waals surface area contributed by atoms with Crippen molar-refractivity contribution < 1.29 is 19.1 Å². The molecule has 1 aromatic rings. The molecule has 1 N–H and O–H groups in total. The molecule has 6 nitrogen and oxygen atoms in total. The molecule has 132 valence electrons. The lowest BCUT2D eigenvalue weighted by atomic mass is 10.0. The first kappa shape index (κ1) is 18.2. The number of nitrogens with zero attached hydrogens (tertiary/aromatic N) is 1. The number of amides is 1. The molecule has 24 heavy (non-hydrogen) atoms. The highest BCUT2D eigenvalue weighted by Crippen LogP contribution is 2.29. The number of nitrogens with one attached hydrogen (secondary N) is 1. The summed E-state index contributed by atoms with van der Waals surface area (Å²) in [6.45, 7) is 9.24. The third-order valence-electron chi connectivity index (χ3n) is 4.27. The highest BCUT2D eigenvalue weighted by atomic mass is 16.5. The van der Waals surface area contributed by atoms with Gasteiger partial charge in [0.05, 0.1) is 13.2 Å². The predicted molar refractivity (Wildman–Crippen MR) is 90.1 cm³/mol. The Balaban J connectivity index is 2.23. The number of ether oxygens (including phenoxy) is 1. The number of esters is 1. The van der Waals surface area contributed by atoms with Gasteiger partial charge in [-0.05, 0) is 39.2 Å². The van der Waals surface area contributed by atoms with E-state index in [1.54, 1.807) is 25.7 Å². The molecule has 0 aromatic carbocycles. The van der Waals surface area contributed by atoms with E-state index in [-0.39, 0.29) is 36.8 Å². The van der Waals surface area contributed by atoms with Crippen LogP contribution in [0.1, 0.15) is 65.7 Å². The van der Waals surface area contributed by atoms with Crippen molar-refractivity contribution in [1.29, 1.82) is 0 Å². The number of carbonyl (C=O) groups excluding carboxylic acids is 3. The van der Waals surface area contributed by atoms with Crippen LogP contribution in [-0.4, -0.2) is 46.7 Å². The maximum atomic E-state index is 12.8. The Bertz CT molecular complexity index is 656. The summed E-state index contributed by atoms with van der Waals surface area (Å²) in [6, 6.07) is 0.174. The van der Waals surface area contributed by atoms with Gasteiger partial charge >= 0.3 is 5.97 Å². The summed E-state index contributed by atoms with van der Waals surface area (Å²) < 4.78 is 5.01. The van der Waals surface area contributed by atoms with Gasteiger partial charge in [-0.25, -0.2) is 4.79 Å². The van der Waals surface area contributed by atoms with Crippen molar-refractivity contribution in [2.45, 2.75) is 53.5 Å². The van der Waals surface area contributed by atoms with Crippen LogP contribution >= 0.6 is 0 Å². The van der Waals surface area contributed by atoms with E-state index in [9.17, 15) is 14.4 Å². The average molecular weight is 334 g/mol. The molecule has 1 heterocycles. The summed E-state index contributed by atoms with van der Waals surface area (Å²) in [5.74, 6) is -0.739. The van der Waals surface area contributed by atoms with Gasteiger partial charge in [0.1, 0.15) is 5.69 Å². The number of ketones is 1. The normalized spacial score (nSPS) is 13.9. The fraction of sp³-hybridized carbons (Fsp3) is 0.611. The SMILES string of the molecule is CCOC(=O)c1[nH]c(C)c(C(=O)CN(C(=O)C(C)C)C2CC2)c1C. The van der Waals surface area contributed by atoms with E-state index >= 15 is 0 Å². The third-order valence-corrected chi connectivity index (χ3v) is 4.27. The average Bonchev–Trinajstić information content (AvgIpc) is 3.29. The van der Waals surface area contributed by atoms with Gasteiger partial charge in [0.2, 0.25) is 5.91 Å². The lowest BCUT2D eigenvalue weighted by Crippen LogP contribution is -2.40. The van der Waals surface area contributed by atoms with Crippen LogP contribution in [0.5, 0.6) is 0 Å². The van der Waals surface area contributed by atoms with Crippen molar-refractivity contribution in [2.75, 3.05) is 13.2 Å². The summed E-state index contributed by atoms with van der Waals surface area (Å²) in [7, 11) is 0. The lowest BCUT2D eigenvalue weighted by molar-refractivity contribution is -0.134. The first-order chi connectivity index (χ1) is 11.3. The summed E-state index contributed by atoms with van der Waals surface area (Å²) in [5.41, 5.74) is 2.02. The molecule has 1 saturated carbocycles. The molecule has 0 bridgehead atoms. The highest BCUT2D eigenvalue weighted by molar-refractivity contribution is 6.04. The standard InChI is InChI=1S/C18H26N2O4/c1-6-24-18(23)16-11(4)15(12(5)19-16)14(21)9-20(13-7-8-13)17(22)10(2)3/h10,13,19H,6-9H2,1-5H3. The summed E-state index contributed by atoms with van der Waals surface area (Å²) in [5, 5.41) is 0. The smallest absolute Gasteiger partial charge is 0.355 e. The lowest BCUT2D eigenvalue weighted by Gasteiger charge is -2.23. The number of hydrogen-bond donors (Lipinski definition) is 1. The van der Waals surface area contributed by atoms with Gasteiger partial charge in [0.15, 0.2) is 5.78 Å². The zero-order valence-electron chi connectivity index (χ0n) is 15.1. The first-order valence-electron chi connectivity index (χ1n) is 8.47. The minimum atomic E-state index is -0.463. The number of carbonyl (C=O) groups is 3. The van der Waals surface area contributed by atoms with Crippen molar-refractivity contribution in [3.05, 3.63) is 22.5 Å². The molecule has 1 fully saturated rings. The molecular formula is C18H26N2O4. The molecule has 0 aliphatic heterocycles. The molecule has 0 spiro atoms. The Kier molecular flexibility index (Phi) is 5.47. The van der Waals surface area contributed by atoms with Crippen molar-refractivity contribution in [3.8, 4) is 0 Å². The summed E-state index contributed by atoms with van der Waals surface area (Å²) in [4.78, 5) is 41.7. The quantitative estimate of drug-likeness (QED) is 0.614. The molecular weight excluding hydrogens is 308 g/mol. The van der Waals surface area contributed by atoms with Crippen molar-refractivity contribution in [3.63, 3.8) is 0 Å². The van der Waals surface area contributed by atoms with E-state index in [0.29, 0.717) is 22.5 Å². The van der Waals surface area contributed by atoms with Gasteiger partial charge < -0.3 is 14.6 Å². The largest absolute Gasteiger partial charge is 0.461 e. The van der Waals surface area contributed by atoms with Gasteiger partial charge in [0.25, 0.3) is 0 Å². The predicted octanol–water partition coefficient (Wildman–Crippen LogP) is 2.64. The van der Waals surface area contributed by atoms with Crippen LogP contribution < -0.4 is 0 Å². The second-order valence-electron chi connectivity index (χ2n) is 6.62. The van der Waals surface area contributed by atoms with Crippen LogP contribution in [0.2, 0.25) is 0 Å². The Labute approximate surface area is 142 Å². The zero-order chi connectivity index (χ0) is 18.0. The number of aromatic amines is 1. The summed E-state index contributed by atoms with van der Waals surface area (Å²) >= 11 is 0. The number of rotatable bonds is 7. The molecule has 0 atom stereocenters. The van der Waals surface area contributed by atoms with Crippen molar-refractivity contribution >= 4 is 17.7 Å². The zero-order valence-corrected chi connectivity index (χ0v) is 15.1. The number of aromatic nitrogens is 1. The maximum absolute atomic E-state index is 12.8. The first-order valence-corrected chi connectivity index (χ1v) is 8.47. The maximum Gasteiger partial charge on any atom is 0.355 e. The van der Waals surface area contributed by atoms with E-state index in [1.165, 1.54) is 0 Å². The molecule has 1 aliphatic rings. The van der Waals surface area contributed by atoms with Gasteiger partial charge in [0, 0.05) is 23.2 Å². The van der Waals surface area contributed by atoms with Crippen LogP contribution in [0.4, 0.5) is 0 Å². The van der Waals surface area contributed by atoms with Crippen LogP contribution in [0, 0.1) is 19.8 Å². The minimum absolute atomic E-state index is 0.00214. The molecule has 1 amide bonds. The molecule has 2 rings (SSSR count). The monoisotopic (exact) mass is 334 g/mol.